The van der Waals surface area contributed by atoms with Crippen LogP contribution in [0.25, 0.3) is 0 Å². The first-order valence-electron chi connectivity index (χ1n) is 8.44. The Kier molecular flexibility index (Phi) is 6.74. The first kappa shape index (κ1) is 20.3. The molecular formula is C17H24N2O6S. The van der Waals surface area contributed by atoms with Gasteiger partial charge in [0.1, 0.15) is 0 Å². The normalized spacial score (nSPS) is 18.5. The zero-order valence-electron chi connectivity index (χ0n) is 15.0. The molecule has 0 aliphatic carbocycles. The molecule has 1 aliphatic rings. The van der Waals surface area contributed by atoms with E-state index in [1.165, 1.54) is 31.2 Å². The lowest BCUT2D eigenvalue weighted by molar-refractivity contribution is -0.162. The van der Waals surface area contributed by atoms with E-state index in [2.05, 4.69) is 10.0 Å². The van der Waals surface area contributed by atoms with Crippen molar-refractivity contribution in [3.05, 3.63) is 24.3 Å². The van der Waals surface area contributed by atoms with Gasteiger partial charge in [0.25, 0.3) is 5.91 Å². The second-order valence-corrected chi connectivity index (χ2v) is 8.08. The summed E-state index contributed by atoms with van der Waals surface area (Å²) >= 11 is 0. The minimum absolute atomic E-state index is 0.0991. The Morgan fingerprint density at radius 2 is 1.85 bits per heavy atom. The fourth-order valence-corrected chi connectivity index (χ4v) is 3.66. The Labute approximate surface area is 153 Å². The van der Waals surface area contributed by atoms with Crippen molar-refractivity contribution >= 4 is 27.6 Å². The van der Waals surface area contributed by atoms with E-state index < -0.39 is 34.1 Å². The Balaban J connectivity index is 1.93. The van der Waals surface area contributed by atoms with E-state index in [4.69, 9.17) is 9.47 Å². The second kappa shape index (κ2) is 8.61. The molecule has 0 radical (unpaired) electrons. The zero-order valence-corrected chi connectivity index (χ0v) is 15.8. The molecule has 1 aromatic carbocycles. The predicted molar refractivity (Wildman–Crippen MR) is 95.1 cm³/mol. The maximum atomic E-state index is 12.1. The highest BCUT2D eigenvalue weighted by molar-refractivity contribution is 7.89. The van der Waals surface area contributed by atoms with Crippen molar-refractivity contribution in [1.82, 2.24) is 4.72 Å². The lowest BCUT2D eigenvalue weighted by atomic mass is 10.2. The number of hydrogen-bond donors (Lipinski definition) is 2. The molecular weight excluding hydrogens is 360 g/mol. The van der Waals surface area contributed by atoms with Crippen molar-refractivity contribution in [3.8, 4) is 0 Å². The third-order valence-electron chi connectivity index (χ3n) is 3.68. The summed E-state index contributed by atoms with van der Waals surface area (Å²) in [4.78, 5) is 24.1. The molecule has 9 heteroatoms. The van der Waals surface area contributed by atoms with E-state index in [-0.39, 0.29) is 10.9 Å². The minimum Gasteiger partial charge on any atom is -0.451 e. The molecule has 144 valence electrons. The number of esters is 1. The Hall–Kier alpha value is -1.97. The fraction of sp³-hybridized carbons (Fsp3) is 0.529. The lowest BCUT2D eigenvalue weighted by Crippen LogP contribution is -2.34. The molecule has 1 amide bonds. The number of benzene rings is 1. The molecule has 0 saturated carbocycles. The van der Waals surface area contributed by atoms with Crippen molar-refractivity contribution in [2.45, 2.75) is 56.8 Å². The highest BCUT2D eigenvalue weighted by atomic mass is 32.2. The molecule has 0 spiro atoms. The fourth-order valence-electron chi connectivity index (χ4n) is 2.41. The summed E-state index contributed by atoms with van der Waals surface area (Å²) in [5.74, 6) is -1.06. The summed E-state index contributed by atoms with van der Waals surface area (Å²) in [6.45, 7) is 5.44. The topological polar surface area (TPSA) is 111 Å². The number of carbonyl (C=O) groups is 2. The molecule has 1 aliphatic heterocycles. The molecule has 2 N–H and O–H groups in total. The molecule has 26 heavy (non-hydrogen) atoms. The number of amides is 1. The molecule has 2 rings (SSSR count). The van der Waals surface area contributed by atoms with Crippen molar-refractivity contribution in [1.29, 1.82) is 0 Å². The van der Waals surface area contributed by atoms with E-state index in [0.717, 1.165) is 6.42 Å². The Morgan fingerprint density at radius 1 is 1.19 bits per heavy atom. The summed E-state index contributed by atoms with van der Waals surface area (Å²) in [7, 11) is -3.59. The highest BCUT2D eigenvalue weighted by Gasteiger charge is 2.28. The van der Waals surface area contributed by atoms with E-state index >= 15 is 0 Å². The summed E-state index contributed by atoms with van der Waals surface area (Å²) in [5.41, 5.74) is 0.401. The van der Waals surface area contributed by atoms with Crippen LogP contribution in [0.3, 0.4) is 0 Å². The predicted octanol–water partition coefficient (Wildman–Crippen LogP) is 1.42. The van der Waals surface area contributed by atoms with Crippen LogP contribution in [0, 0.1) is 0 Å². The third kappa shape index (κ3) is 5.52. The van der Waals surface area contributed by atoms with Gasteiger partial charge in [-0.1, -0.05) is 0 Å². The monoisotopic (exact) mass is 384 g/mol. The average Bonchev–Trinajstić information content (AvgIpc) is 3.08. The first-order chi connectivity index (χ1) is 12.2. The number of anilines is 1. The Morgan fingerprint density at radius 3 is 2.38 bits per heavy atom. The summed E-state index contributed by atoms with van der Waals surface area (Å²) < 4.78 is 36.9. The highest BCUT2D eigenvalue weighted by Crippen LogP contribution is 2.16. The SMILES string of the molecule is CC(C)NS(=O)(=O)c1ccc(NC(=O)[C@@H](C)OC(=O)[C@@H]2CCCO2)cc1. The largest absolute Gasteiger partial charge is 0.451 e. The van der Waals surface area contributed by atoms with Gasteiger partial charge in [0, 0.05) is 18.3 Å². The van der Waals surface area contributed by atoms with Gasteiger partial charge in [-0.3, -0.25) is 4.79 Å². The molecule has 0 bridgehead atoms. The van der Waals surface area contributed by atoms with Crippen LogP contribution in [0.1, 0.15) is 33.6 Å². The molecule has 1 heterocycles. The standard InChI is InChI=1S/C17H24N2O6S/c1-11(2)19-26(22,23)14-8-6-13(7-9-14)18-16(20)12(3)25-17(21)15-5-4-10-24-15/h6-9,11-12,15,19H,4-5,10H2,1-3H3,(H,18,20)/t12-,15+/m1/s1. The molecule has 1 saturated heterocycles. The average molecular weight is 384 g/mol. The van der Waals surface area contributed by atoms with E-state index in [1.54, 1.807) is 13.8 Å². The number of hydrogen-bond acceptors (Lipinski definition) is 6. The van der Waals surface area contributed by atoms with Crippen LogP contribution in [0.2, 0.25) is 0 Å². The third-order valence-corrected chi connectivity index (χ3v) is 5.35. The van der Waals surface area contributed by atoms with Crippen LogP contribution in [0.4, 0.5) is 5.69 Å². The lowest BCUT2D eigenvalue weighted by Gasteiger charge is -2.16. The van der Waals surface area contributed by atoms with Gasteiger partial charge in [0.15, 0.2) is 12.2 Å². The second-order valence-electron chi connectivity index (χ2n) is 6.37. The molecule has 0 aromatic heterocycles. The van der Waals surface area contributed by atoms with Crippen LogP contribution >= 0.6 is 0 Å². The molecule has 8 nitrogen and oxygen atoms in total. The smallest absolute Gasteiger partial charge is 0.336 e. The van der Waals surface area contributed by atoms with Crippen LogP contribution in [-0.2, 0) is 29.1 Å². The van der Waals surface area contributed by atoms with Crippen molar-refractivity contribution < 1.29 is 27.5 Å². The number of carbonyl (C=O) groups excluding carboxylic acids is 2. The van der Waals surface area contributed by atoms with Gasteiger partial charge in [-0.05, 0) is 57.9 Å². The number of sulfonamides is 1. The van der Waals surface area contributed by atoms with Crippen molar-refractivity contribution in [3.63, 3.8) is 0 Å². The summed E-state index contributed by atoms with van der Waals surface area (Å²) in [6, 6.07) is 5.51. The van der Waals surface area contributed by atoms with E-state index in [0.29, 0.717) is 18.7 Å². The quantitative estimate of drug-likeness (QED) is 0.688. The maximum Gasteiger partial charge on any atom is 0.336 e. The van der Waals surface area contributed by atoms with Crippen LogP contribution in [0.15, 0.2) is 29.2 Å². The summed E-state index contributed by atoms with van der Waals surface area (Å²) in [6.07, 6.45) is -0.213. The van der Waals surface area contributed by atoms with Gasteiger partial charge in [-0.25, -0.2) is 17.9 Å². The van der Waals surface area contributed by atoms with Crippen LogP contribution < -0.4 is 10.0 Å². The van der Waals surface area contributed by atoms with Gasteiger partial charge >= 0.3 is 5.97 Å². The number of rotatable bonds is 7. The van der Waals surface area contributed by atoms with Crippen LogP contribution in [0.5, 0.6) is 0 Å². The Bertz CT molecular complexity index is 739. The van der Waals surface area contributed by atoms with Crippen molar-refractivity contribution in [2.75, 3.05) is 11.9 Å². The van der Waals surface area contributed by atoms with Gasteiger partial charge in [-0.2, -0.15) is 0 Å². The molecule has 2 atom stereocenters. The number of ether oxygens (including phenoxy) is 2. The van der Waals surface area contributed by atoms with E-state index in [9.17, 15) is 18.0 Å². The zero-order chi connectivity index (χ0) is 19.3. The minimum atomic E-state index is -3.59. The molecule has 1 aromatic rings. The van der Waals surface area contributed by atoms with Gasteiger partial charge in [-0.15, -0.1) is 0 Å². The van der Waals surface area contributed by atoms with Gasteiger partial charge in [0.05, 0.1) is 4.90 Å². The number of nitrogens with one attached hydrogen (secondary N) is 2. The van der Waals surface area contributed by atoms with Gasteiger partial charge in [0.2, 0.25) is 10.0 Å². The molecule has 1 fully saturated rings. The summed E-state index contributed by atoms with van der Waals surface area (Å²) in [5, 5.41) is 2.58. The van der Waals surface area contributed by atoms with Gasteiger partial charge < -0.3 is 14.8 Å². The first-order valence-corrected chi connectivity index (χ1v) is 9.92. The van der Waals surface area contributed by atoms with Crippen molar-refractivity contribution in [2.24, 2.45) is 0 Å². The van der Waals surface area contributed by atoms with E-state index in [1.807, 2.05) is 0 Å². The maximum absolute atomic E-state index is 12.1. The molecule has 0 unspecified atom stereocenters. The van der Waals surface area contributed by atoms with Crippen LogP contribution in [-0.4, -0.2) is 45.2 Å².